The summed E-state index contributed by atoms with van der Waals surface area (Å²) in [5.74, 6) is -2.86. The number of sulfonamides is 1. The Kier molecular flexibility index (Phi) is 11.3. The highest BCUT2D eigenvalue weighted by Gasteiger charge is 2.49. The van der Waals surface area contributed by atoms with Gasteiger partial charge >= 0.3 is 22.3 Å². The van der Waals surface area contributed by atoms with Crippen LogP contribution in [0.4, 0.5) is 4.79 Å². The van der Waals surface area contributed by atoms with E-state index in [1.54, 1.807) is 6.92 Å². The number of rotatable bonds is 14. The van der Waals surface area contributed by atoms with Crippen molar-refractivity contribution in [3.8, 4) is 0 Å². The van der Waals surface area contributed by atoms with Gasteiger partial charge in [-0.05, 0) is 31.2 Å². The number of carbonyl (C=O) groups is 3. The van der Waals surface area contributed by atoms with E-state index in [2.05, 4.69) is 14.8 Å². The Balaban J connectivity index is 1.86. The third-order valence-electron chi connectivity index (χ3n) is 5.67. The quantitative estimate of drug-likeness (QED) is 0.245. The van der Waals surface area contributed by atoms with Crippen molar-refractivity contribution in [1.29, 1.82) is 0 Å². The lowest BCUT2D eigenvalue weighted by atomic mass is 10.1. The molecule has 1 aliphatic heterocycles. The normalized spacial score (nSPS) is 18.4. The average molecular weight is 563 g/mol. The van der Waals surface area contributed by atoms with E-state index < -0.39 is 56.2 Å². The monoisotopic (exact) mass is 562 g/mol. The van der Waals surface area contributed by atoms with E-state index in [1.165, 1.54) is 7.05 Å². The maximum absolute atomic E-state index is 12.7. The van der Waals surface area contributed by atoms with Gasteiger partial charge in [0.15, 0.2) is 5.88 Å². The number of methoxy groups -OCH3 is 1. The van der Waals surface area contributed by atoms with Crippen LogP contribution in [0, 0.1) is 0 Å². The molecule has 1 unspecified atom stereocenters. The number of likely N-dealkylation sites (N-methyl/N-ethyl adjacent to an activating group) is 1. The highest BCUT2D eigenvalue weighted by atomic mass is 32.2. The first kappa shape index (κ1) is 30.5. The zero-order valence-electron chi connectivity index (χ0n) is 21.1. The van der Waals surface area contributed by atoms with Gasteiger partial charge in [-0.3, -0.25) is 9.59 Å². The number of amides is 2. The summed E-state index contributed by atoms with van der Waals surface area (Å²) in [6.07, 6.45) is 0.904. The zero-order chi connectivity index (χ0) is 27.6. The van der Waals surface area contributed by atoms with Crippen molar-refractivity contribution in [1.82, 2.24) is 18.6 Å². The molecule has 2 N–H and O–H groups in total. The van der Waals surface area contributed by atoms with Crippen LogP contribution in [0.1, 0.15) is 44.6 Å². The van der Waals surface area contributed by atoms with Crippen LogP contribution in [-0.2, 0) is 45.9 Å². The third-order valence-corrected chi connectivity index (χ3v) is 8.92. The summed E-state index contributed by atoms with van der Waals surface area (Å²) in [4.78, 5) is 36.5. The molecule has 13 nitrogen and oxygen atoms in total. The molecular weight excluding hydrogens is 528 g/mol. The number of nitrogens with one attached hydrogen (secondary N) is 2. The molecule has 1 aliphatic rings. The van der Waals surface area contributed by atoms with Crippen molar-refractivity contribution in [3.05, 3.63) is 35.9 Å². The van der Waals surface area contributed by atoms with E-state index in [0.717, 1.165) is 17.0 Å². The molecule has 1 aromatic carbocycles. The zero-order valence-corrected chi connectivity index (χ0v) is 22.7. The van der Waals surface area contributed by atoms with Gasteiger partial charge in [0.05, 0.1) is 7.11 Å². The smallest absolute Gasteiger partial charge is 0.407 e. The lowest BCUT2D eigenvalue weighted by Crippen LogP contribution is -2.47. The van der Waals surface area contributed by atoms with Gasteiger partial charge in [0.25, 0.3) is 5.91 Å². The molecule has 0 spiro atoms. The summed E-state index contributed by atoms with van der Waals surface area (Å²) in [5, 5.41) is 2.57. The van der Waals surface area contributed by atoms with Gasteiger partial charge in [0, 0.05) is 13.6 Å². The Labute approximate surface area is 217 Å². The predicted octanol–water partition coefficient (Wildman–Crippen LogP) is 0.689. The Morgan fingerprint density at radius 2 is 1.84 bits per heavy atom. The first-order valence-electron chi connectivity index (χ1n) is 11.7. The van der Waals surface area contributed by atoms with Crippen molar-refractivity contribution in [2.75, 3.05) is 26.6 Å². The summed E-state index contributed by atoms with van der Waals surface area (Å²) in [6, 6.07) is 6.85. The van der Waals surface area contributed by atoms with Crippen molar-refractivity contribution >= 4 is 38.2 Å². The SMILES string of the molecule is CCCC1C(=O)N(CS(=O)(=O)N[C@@H](CCCCNC(=O)OCc2ccccc2)C(=O)OC)S(=O)(=O)N1C. The molecule has 2 atom stereocenters. The number of unbranched alkanes of at least 4 members (excludes halogenated alkanes) is 1. The summed E-state index contributed by atoms with van der Waals surface area (Å²) in [7, 11) is -6.41. The van der Waals surface area contributed by atoms with Crippen LogP contribution < -0.4 is 10.0 Å². The largest absolute Gasteiger partial charge is 0.468 e. The Bertz CT molecular complexity index is 1140. The van der Waals surface area contributed by atoms with E-state index in [4.69, 9.17) is 4.74 Å². The second kappa shape index (κ2) is 13.7. The third kappa shape index (κ3) is 8.66. The number of hydrogen-bond acceptors (Lipinski definition) is 9. The first-order chi connectivity index (χ1) is 17.4. The lowest BCUT2D eigenvalue weighted by molar-refractivity contribution is -0.142. The standard InChI is InChI=1S/C22H34N4O9S2/c1-4-10-19-20(27)26(37(32,33)25(19)2)16-36(30,31)24-18(21(28)34-3)13-8-9-14-23-22(29)35-15-17-11-6-5-7-12-17/h5-7,11-12,18-19,24H,4,8-10,13-16H2,1-3H3,(H,23,29)/t18-,19?/m0/s1. The molecule has 0 radical (unpaired) electrons. The average Bonchev–Trinajstić information content (AvgIpc) is 3.01. The molecule has 2 amide bonds. The molecule has 1 heterocycles. The van der Waals surface area contributed by atoms with Gasteiger partial charge in [-0.1, -0.05) is 43.7 Å². The fourth-order valence-corrected chi connectivity index (χ4v) is 6.96. The first-order valence-corrected chi connectivity index (χ1v) is 14.8. The van der Waals surface area contributed by atoms with Gasteiger partial charge in [-0.25, -0.2) is 17.5 Å². The van der Waals surface area contributed by atoms with E-state index in [0.29, 0.717) is 23.6 Å². The predicted molar refractivity (Wildman–Crippen MR) is 133 cm³/mol. The lowest BCUT2D eigenvalue weighted by Gasteiger charge is -2.20. The van der Waals surface area contributed by atoms with Gasteiger partial charge in [0.2, 0.25) is 10.0 Å². The number of carbonyl (C=O) groups excluding carboxylic acids is 3. The van der Waals surface area contributed by atoms with Crippen LogP contribution in [0.3, 0.4) is 0 Å². The van der Waals surface area contributed by atoms with Gasteiger partial charge in [0.1, 0.15) is 18.7 Å². The number of ether oxygens (including phenoxy) is 2. The minimum absolute atomic E-state index is 0.0195. The summed E-state index contributed by atoms with van der Waals surface area (Å²) in [6.45, 7) is 2.11. The molecule has 208 valence electrons. The van der Waals surface area contributed by atoms with Crippen molar-refractivity contribution in [3.63, 3.8) is 0 Å². The number of nitrogens with zero attached hydrogens (tertiary/aromatic N) is 2. The minimum atomic E-state index is -4.42. The summed E-state index contributed by atoms with van der Waals surface area (Å²) in [5.41, 5.74) is 0.835. The molecule has 0 saturated carbocycles. The summed E-state index contributed by atoms with van der Waals surface area (Å²) >= 11 is 0. The topological polar surface area (TPSA) is 168 Å². The Morgan fingerprint density at radius 3 is 2.46 bits per heavy atom. The highest BCUT2D eigenvalue weighted by molar-refractivity contribution is 7.92. The number of benzene rings is 1. The highest BCUT2D eigenvalue weighted by Crippen LogP contribution is 2.25. The van der Waals surface area contributed by atoms with Crippen LogP contribution in [0.25, 0.3) is 0 Å². The fourth-order valence-electron chi connectivity index (χ4n) is 3.67. The number of esters is 1. The van der Waals surface area contributed by atoms with E-state index in [1.807, 2.05) is 30.3 Å². The second-order valence-electron chi connectivity index (χ2n) is 8.44. The second-order valence-corrected chi connectivity index (χ2v) is 12.1. The molecular formula is C22H34N4O9S2. The molecule has 2 rings (SSSR count). The van der Waals surface area contributed by atoms with Crippen molar-refractivity contribution in [2.24, 2.45) is 0 Å². The fraction of sp³-hybridized carbons (Fsp3) is 0.591. The molecule has 0 aromatic heterocycles. The Hall–Kier alpha value is -2.75. The summed E-state index contributed by atoms with van der Waals surface area (Å²) < 4.78 is 63.6. The van der Waals surface area contributed by atoms with Gasteiger partial charge < -0.3 is 14.8 Å². The molecule has 1 saturated heterocycles. The maximum Gasteiger partial charge on any atom is 0.407 e. The van der Waals surface area contributed by atoms with Crippen LogP contribution in [0.15, 0.2) is 30.3 Å². The molecule has 15 heteroatoms. The number of hydrogen-bond donors (Lipinski definition) is 2. The minimum Gasteiger partial charge on any atom is -0.468 e. The molecule has 1 aromatic rings. The van der Waals surface area contributed by atoms with E-state index in [9.17, 15) is 31.2 Å². The van der Waals surface area contributed by atoms with Crippen molar-refractivity contribution in [2.45, 2.75) is 57.7 Å². The van der Waals surface area contributed by atoms with Gasteiger partial charge in [-0.2, -0.15) is 17.4 Å². The van der Waals surface area contributed by atoms with Crippen LogP contribution >= 0.6 is 0 Å². The molecule has 0 aliphatic carbocycles. The van der Waals surface area contributed by atoms with Crippen LogP contribution in [-0.4, -0.2) is 82.1 Å². The van der Waals surface area contributed by atoms with Crippen molar-refractivity contribution < 1.29 is 40.7 Å². The van der Waals surface area contributed by atoms with E-state index in [-0.39, 0.29) is 26.0 Å². The Morgan fingerprint density at radius 1 is 1.16 bits per heavy atom. The van der Waals surface area contributed by atoms with E-state index >= 15 is 0 Å². The number of alkyl carbamates (subject to hydrolysis) is 1. The molecule has 0 bridgehead atoms. The van der Waals surface area contributed by atoms with Gasteiger partial charge in [-0.15, -0.1) is 0 Å². The van der Waals surface area contributed by atoms with Crippen LogP contribution in [0.5, 0.6) is 0 Å². The molecule has 37 heavy (non-hydrogen) atoms. The molecule has 1 fully saturated rings. The van der Waals surface area contributed by atoms with Crippen LogP contribution in [0.2, 0.25) is 0 Å². The maximum atomic E-state index is 12.7.